The highest BCUT2D eigenvalue weighted by Gasteiger charge is 2.22. The first kappa shape index (κ1) is 21.7. The average molecular weight is 479 g/mol. The van der Waals surface area contributed by atoms with Gasteiger partial charge in [0.2, 0.25) is 0 Å². The average Bonchev–Trinajstić information content (AvgIpc) is 3.39. The fraction of sp³-hybridized carbons (Fsp3) is 0.0833. The quantitative estimate of drug-likeness (QED) is 0.382. The zero-order valence-electron chi connectivity index (χ0n) is 17.9. The number of H-pyrrole nitrogens is 1. The molecular weight excluding hydrogens is 459 g/mol. The summed E-state index contributed by atoms with van der Waals surface area (Å²) in [6, 6.07) is 17.4. The van der Waals surface area contributed by atoms with Crippen LogP contribution < -0.4 is 0 Å². The van der Waals surface area contributed by atoms with Crippen molar-refractivity contribution in [3.63, 3.8) is 0 Å². The van der Waals surface area contributed by atoms with Crippen molar-refractivity contribution in [3.05, 3.63) is 84.6 Å². The molecule has 0 aliphatic heterocycles. The number of nitrogens with zero attached hydrogens (tertiary/aromatic N) is 3. The highest BCUT2D eigenvalue weighted by molar-refractivity contribution is 7.90. The molecule has 0 spiro atoms. The third-order valence-electron chi connectivity index (χ3n) is 5.59. The van der Waals surface area contributed by atoms with Crippen LogP contribution in [0.2, 0.25) is 0 Å². The lowest BCUT2D eigenvalue weighted by Crippen LogP contribution is -2.24. The first-order valence-corrected chi connectivity index (χ1v) is 11.7. The summed E-state index contributed by atoms with van der Waals surface area (Å²) in [6.07, 6.45) is 0.420. The molecule has 2 aromatic heterocycles. The second-order valence-electron chi connectivity index (χ2n) is 7.87. The van der Waals surface area contributed by atoms with Crippen molar-refractivity contribution in [1.82, 2.24) is 18.8 Å². The van der Waals surface area contributed by atoms with Gasteiger partial charge in [0.15, 0.2) is 0 Å². The molecule has 0 aliphatic carbocycles. The van der Waals surface area contributed by atoms with Crippen LogP contribution in [0, 0.1) is 5.82 Å². The third-order valence-corrected chi connectivity index (χ3v) is 7.28. The van der Waals surface area contributed by atoms with Crippen LogP contribution in [-0.4, -0.2) is 45.5 Å². The standard InChI is InChI=1S/C24H19FN4O4S/c1-28(24(30)31)14-23-26-20-10-7-15(11-21(20)27-23)19-13-29(22-12-16(25)8-9-18(19)22)34(32,33)17-5-3-2-4-6-17/h2-13H,14H2,1H3,(H,26,27)(H,30,31). The fourth-order valence-electron chi connectivity index (χ4n) is 3.90. The molecular formula is C24H19FN4O4S. The van der Waals surface area contributed by atoms with Gasteiger partial charge in [0.1, 0.15) is 11.6 Å². The highest BCUT2D eigenvalue weighted by atomic mass is 32.2. The summed E-state index contributed by atoms with van der Waals surface area (Å²) in [4.78, 5) is 19.8. The number of rotatable bonds is 5. The molecule has 0 saturated carbocycles. The van der Waals surface area contributed by atoms with Crippen LogP contribution in [-0.2, 0) is 16.6 Å². The number of fused-ring (bicyclic) bond motifs is 2. The van der Waals surface area contributed by atoms with E-state index in [4.69, 9.17) is 5.11 Å². The molecule has 0 aliphatic rings. The Morgan fingerprint density at radius 2 is 1.88 bits per heavy atom. The molecule has 0 atom stereocenters. The molecule has 172 valence electrons. The molecule has 0 saturated heterocycles. The van der Waals surface area contributed by atoms with Gasteiger partial charge in [-0.2, -0.15) is 0 Å². The van der Waals surface area contributed by atoms with Crippen LogP contribution >= 0.6 is 0 Å². The summed E-state index contributed by atoms with van der Waals surface area (Å²) < 4.78 is 41.9. The number of aromatic nitrogens is 3. The zero-order valence-corrected chi connectivity index (χ0v) is 18.8. The van der Waals surface area contributed by atoms with Gasteiger partial charge in [0.05, 0.1) is 28.0 Å². The molecule has 0 unspecified atom stereocenters. The van der Waals surface area contributed by atoms with E-state index in [1.54, 1.807) is 36.4 Å². The molecule has 8 nitrogen and oxygen atoms in total. The minimum atomic E-state index is -3.96. The van der Waals surface area contributed by atoms with Gasteiger partial charge in [-0.15, -0.1) is 0 Å². The molecule has 3 aromatic carbocycles. The number of aromatic amines is 1. The molecule has 5 rings (SSSR count). The molecule has 5 aromatic rings. The van der Waals surface area contributed by atoms with Gasteiger partial charge in [-0.25, -0.2) is 26.6 Å². The third kappa shape index (κ3) is 3.67. The van der Waals surface area contributed by atoms with Gasteiger partial charge in [-0.05, 0) is 48.0 Å². The number of amides is 1. The lowest BCUT2D eigenvalue weighted by molar-refractivity contribution is 0.153. The Kier molecular flexibility index (Phi) is 5.09. The number of benzene rings is 3. The Balaban J connectivity index is 1.65. The lowest BCUT2D eigenvalue weighted by Gasteiger charge is -2.09. The molecule has 0 bridgehead atoms. The van der Waals surface area contributed by atoms with Crippen molar-refractivity contribution in [1.29, 1.82) is 0 Å². The number of nitrogens with one attached hydrogen (secondary N) is 1. The maximum atomic E-state index is 14.1. The number of hydrogen-bond donors (Lipinski definition) is 2. The summed E-state index contributed by atoms with van der Waals surface area (Å²) in [7, 11) is -2.51. The molecule has 2 heterocycles. The number of carboxylic acid groups (broad SMARTS) is 1. The van der Waals surface area contributed by atoms with Crippen LogP contribution in [0.25, 0.3) is 33.1 Å². The smallest absolute Gasteiger partial charge is 0.407 e. The van der Waals surface area contributed by atoms with Crippen molar-refractivity contribution in [2.45, 2.75) is 11.4 Å². The van der Waals surface area contributed by atoms with E-state index in [0.717, 1.165) is 8.87 Å². The monoisotopic (exact) mass is 478 g/mol. The lowest BCUT2D eigenvalue weighted by atomic mass is 10.0. The SMILES string of the molecule is CN(Cc1nc2ccc(-c3cn(S(=O)(=O)c4ccccc4)c4cc(F)ccc34)cc2[nH]1)C(=O)O. The van der Waals surface area contributed by atoms with Gasteiger partial charge in [-0.3, -0.25) is 0 Å². The van der Waals surface area contributed by atoms with Gasteiger partial charge in [0, 0.05) is 24.2 Å². The van der Waals surface area contributed by atoms with E-state index in [9.17, 15) is 17.6 Å². The number of imidazole rings is 1. The Hall–Kier alpha value is -4.18. The maximum absolute atomic E-state index is 14.1. The summed E-state index contributed by atoms with van der Waals surface area (Å²) in [5, 5.41) is 9.66. The van der Waals surface area contributed by atoms with Crippen LogP contribution in [0.4, 0.5) is 9.18 Å². The molecule has 0 fully saturated rings. The first-order chi connectivity index (χ1) is 16.2. The van der Waals surface area contributed by atoms with E-state index >= 15 is 0 Å². The zero-order chi connectivity index (χ0) is 24.0. The Morgan fingerprint density at radius 1 is 1.12 bits per heavy atom. The topological polar surface area (TPSA) is 108 Å². The second kappa shape index (κ2) is 7.99. The van der Waals surface area contributed by atoms with Crippen LogP contribution in [0.15, 0.2) is 77.8 Å². The normalized spacial score (nSPS) is 11.8. The van der Waals surface area contributed by atoms with Gasteiger partial charge >= 0.3 is 6.09 Å². The van der Waals surface area contributed by atoms with Crippen LogP contribution in [0.1, 0.15) is 5.82 Å². The Bertz CT molecular complexity index is 1660. The van der Waals surface area contributed by atoms with Gasteiger partial charge in [0.25, 0.3) is 10.0 Å². The van der Waals surface area contributed by atoms with Gasteiger partial charge < -0.3 is 15.0 Å². The Labute approximate surface area is 193 Å². The van der Waals surface area contributed by atoms with Crippen LogP contribution in [0.3, 0.4) is 0 Å². The summed E-state index contributed by atoms with van der Waals surface area (Å²) in [6.45, 7) is 0.0905. The fourth-order valence-corrected chi connectivity index (χ4v) is 5.29. The van der Waals surface area contributed by atoms with Crippen molar-refractivity contribution < 1.29 is 22.7 Å². The minimum Gasteiger partial charge on any atom is -0.465 e. The molecule has 1 amide bonds. The van der Waals surface area contributed by atoms with E-state index in [1.165, 1.54) is 37.5 Å². The number of halogens is 1. The maximum Gasteiger partial charge on any atom is 0.407 e. The van der Waals surface area contributed by atoms with Gasteiger partial charge in [-0.1, -0.05) is 24.3 Å². The van der Waals surface area contributed by atoms with E-state index in [-0.39, 0.29) is 17.0 Å². The van der Waals surface area contributed by atoms with E-state index in [1.807, 2.05) is 6.07 Å². The summed E-state index contributed by atoms with van der Waals surface area (Å²) in [5.74, 6) is -0.0638. The minimum absolute atomic E-state index is 0.0905. The predicted molar refractivity (Wildman–Crippen MR) is 126 cm³/mol. The molecule has 34 heavy (non-hydrogen) atoms. The van der Waals surface area contributed by atoms with E-state index < -0.39 is 21.9 Å². The number of hydrogen-bond acceptors (Lipinski definition) is 4. The summed E-state index contributed by atoms with van der Waals surface area (Å²) >= 11 is 0. The molecule has 2 N–H and O–H groups in total. The summed E-state index contributed by atoms with van der Waals surface area (Å²) in [5.41, 5.74) is 2.85. The van der Waals surface area contributed by atoms with Crippen molar-refractivity contribution in [2.24, 2.45) is 0 Å². The van der Waals surface area contributed by atoms with Crippen molar-refractivity contribution in [3.8, 4) is 11.1 Å². The van der Waals surface area contributed by atoms with E-state index in [0.29, 0.717) is 33.4 Å². The largest absolute Gasteiger partial charge is 0.465 e. The predicted octanol–water partition coefficient (Wildman–Crippen LogP) is 4.67. The van der Waals surface area contributed by atoms with E-state index in [2.05, 4.69) is 9.97 Å². The highest BCUT2D eigenvalue weighted by Crippen LogP contribution is 2.34. The van der Waals surface area contributed by atoms with Crippen molar-refractivity contribution in [2.75, 3.05) is 7.05 Å². The first-order valence-electron chi connectivity index (χ1n) is 10.3. The molecule has 0 radical (unpaired) electrons. The van der Waals surface area contributed by atoms with Crippen LogP contribution in [0.5, 0.6) is 0 Å². The number of carbonyl (C=O) groups is 1. The van der Waals surface area contributed by atoms with Crippen molar-refractivity contribution >= 4 is 38.1 Å². The second-order valence-corrected chi connectivity index (χ2v) is 9.69. The Morgan fingerprint density at radius 3 is 2.62 bits per heavy atom. The molecule has 10 heteroatoms.